The van der Waals surface area contributed by atoms with Crippen molar-refractivity contribution in [3.8, 4) is 17.4 Å². The molecule has 18 heavy (non-hydrogen) atoms. The third-order valence-electron chi connectivity index (χ3n) is 2.24. The van der Waals surface area contributed by atoms with Crippen LogP contribution in [0.2, 0.25) is 0 Å². The molecule has 0 atom stereocenters. The van der Waals surface area contributed by atoms with Gasteiger partial charge in [0.25, 0.3) is 0 Å². The first-order chi connectivity index (χ1) is 8.69. The molecule has 2 heterocycles. The first-order valence-electron chi connectivity index (χ1n) is 5.37. The third kappa shape index (κ3) is 2.88. The highest BCUT2D eigenvalue weighted by atomic mass is 16.5. The Morgan fingerprint density at radius 1 is 1.44 bits per heavy atom. The van der Waals surface area contributed by atoms with Crippen LogP contribution in [0.4, 0.5) is 0 Å². The van der Waals surface area contributed by atoms with E-state index in [4.69, 9.17) is 9.26 Å². The van der Waals surface area contributed by atoms with Crippen molar-refractivity contribution >= 4 is 5.78 Å². The van der Waals surface area contributed by atoms with E-state index in [1.54, 1.807) is 6.07 Å². The number of methoxy groups -OCH3 is 1. The molecule has 0 aromatic carbocycles. The van der Waals surface area contributed by atoms with E-state index in [9.17, 15) is 4.79 Å². The summed E-state index contributed by atoms with van der Waals surface area (Å²) < 4.78 is 10.0. The van der Waals surface area contributed by atoms with Crippen LogP contribution >= 0.6 is 0 Å². The molecule has 0 N–H and O–H groups in total. The van der Waals surface area contributed by atoms with Gasteiger partial charge in [-0.15, -0.1) is 0 Å². The van der Waals surface area contributed by atoms with Crippen molar-refractivity contribution in [3.63, 3.8) is 0 Å². The molecule has 0 spiro atoms. The van der Waals surface area contributed by atoms with Crippen LogP contribution in [0.3, 0.4) is 0 Å². The third-order valence-corrected chi connectivity index (χ3v) is 2.24. The lowest BCUT2D eigenvalue weighted by molar-refractivity contribution is -0.117. The van der Waals surface area contributed by atoms with Gasteiger partial charge in [-0.05, 0) is 6.92 Å². The Hall–Kier alpha value is -2.31. The Bertz CT molecular complexity index is 553. The lowest BCUT2D eigenvalue weighted by atomic mass is 10.2. The molecule has 2 aromatic heterocycles. The van der Waals surface area contributed by atoms with Gasteiger partial charge >= 0.3 is 0 Å². The van der Waals surface area contributed by atoms with Crippen molar-refractivity contribution < 1.29 is 14.1 Å². The van der Waals surface area contributed by atoms with E-state index in [1.807, 2.05) is 0 Å². The molecule has 0 saturated heterocycles. The van der Waals surface area contributed by atoms with Gasteiger partial charge in [-0.2, -0.15) is 4.98 Å². The maximum absolute atomic E-state index is 10.9. The number of Topliss-reactive ketones (excluding diaryl/α,β-unsaturated/α-hetero) is 1. The summed E-state index contributed by atoms with van der Waals surface area (Å²) in [5, 5.41) is 3.80. The summed E-state index contributed by atoms with van der Waals surface area (Å²) in [6.45, 7) is 1.52. The molecule has 7 nitrogen and oxygen atoms in total. The van der Waals surface area contributed by atoms with Gasteiger partial charge in [0.2, 0.25) is 17.6 Å². The molecule has 2 aromatic rings. The summed E-state index contributed by atoms with van der Waals surface area (Å²) in [6, 6.07) is 1.61. The van der Waals surface area contributed by atoms with Gasteiger partial charge in [0.05, 0.1) is 7.11 Å². The van der Waals surface area contributed by atoms with Crippen LogP contribution in [-0.2, 0) is 11.2 Å². The summed E-state index contributed by atoms with van der Waals surface area (Å²) in [4.78, 5) is 22.9. The highest BCUT2D eigenvalue weighted by Crippen LogP contribution is 2.16. The summed E-state index contributed by atoms with van der Waals surface area (Å²) >= 11 is 0. The molecule has 0 aliphatic carbocycles. The summed E-state index contributed by atoms with van der Waals surface area (Å²) in [6.07, 6.45) is 2.18. The van der Waals surface area contributed by atoms with Crippen LogP contribution in [0.25, 0.3) is 11.5 Å². The Morgan fingerprint density at radius 3 is 3.00 bits per heavy atom. The van der Waals surface area contributed by atoms with Crippen molar-refractivity contribution in [2.45, 2.75) is 19.8 Å². The number of carbonyl (C=O) groups is 1. The number of ketones is 1. The second kappa shape index (κ2) is 5.35. The van der Waals surface area contributed by atoms with Gasteiger partial charge in [-0.1, -0.05) is 5.16 Å². The van der Waals surface area contributed by atoms with Gasteiger partial charge in [-0.25, -0.2) is 9.97 Å². The number of aromatic nitrogens is 4. The molecular formula is C11H12N4O3. The number of carbonyl (C=O) groups excluding carboxylic acids is 1. The number of hydrogen-bond donors (Lipinski definition) is 0. The highest BCUT2D eigenvalue weighted by Gasteiger charge is 2.11. The van der Waals surface area contributed by atoms with Crippen LogP contribution in [-0.4, -0.2) is 33.0 Å². The second-order valence-corrected chi connectivity index (χ2v) is 3.66. The van der Waals surface area contributed by atoms with Gasteiger partial charge in [0, 0.05) is 18.9 Å². The fourth-order valence-electron chi connectivity index (χ4n) is 1.32. The fraction of sp³-hybridized carbons (Fsp3) is 0.364. The number of nitrogens with zero attached hydrogens (tertiary/aromatic N) is 4. The van der Waals surface area contributed by atoms with Crippen molar-refractivity contribution in [2.75, 3.05) is 7.11 Å². The Balaban J connectivity index is 2.15. The Labute approximate surface area is 103 Å². The zero-order valence-corrected chi connectivity index (χ0v) is 10.1. The lowest BCUT2D eigenvalue weighted by Crippen LogP contribution is -1.94. The van der Waals surface area contributed by atoms with Crippen molar-refractivity contribution in [2.24, 2.45) is 0 Å². The average Bonchev–Trinajstić information content (AvgIpc) is 2.85. The molecule has 0 aliphatic heterocycles. The Kier molecular flexibility index (Phi) is 3.61. The summed E-state index contributed by atoms with van der Waals surface area (Å²) in [5.41, 5.74) is 0.514. The van der Waals surface area contributed by atoms with Crippen molar-refractivity contribution in [3.05, 3.63) is 18.3 Å². The number of aryl methyl sites for hydroxylation is 1. The second-order valence-electron chi connectivity index (χ2n) is 3.66. The van der Waals surface area contributed by atoms with E-state index in [0.29, 0.717) is 36.1 Å². The minimum atomic E-state index is 0.0819. The SMILES string of the molecule is COc1cc(-c2noc(CCC(C)=O)n2)ncn1. The quantitative estimate of drug-likeness (QED) is 0.781. The van der Waals surface area contributed by atoms with Crippen LogP contribution in [0.15, 0.2) is 16.9 Å². The molecule has 0 bridgehead atoms. The van der Waals surface area contributed by atoms with Crippen LogP contribution in [0, 0.1) is 0 Å². The summed E-state index contributed by atoms with van der Waals surface area (Å²) in [7, 11) is 1.51. The summed E-state index contributed by atoms with van der Waals surface area (Å²) in [5.74, 6) is 1.28. The zero-order valence-electron chi connectivity index (χ0n) is 10.1. The van der Waals surface area contributed by atoms with Gasteiger partial charge < -0.3 is 14.1 Å². The molecule has 2 rings (SSSR count). The standard InChI is InChI=1S/C11H12N4O3/c1-7(16)3-4-9-14-11(15-18-9)8-5-10(17-2)13-6-12-8/h5-6H,3-4H2,1-2H3. The molecule has 0 aliphatic rings. The topological polar surface area (TPSA) is 91.0 Å². The Morgan fingerprint density at radius 2 is 2.28 bits per heavy atom. The van der Waals surface area contributed by atoms with E-state index in [2.05, 4.69) is 20.1 Å². The molecule has 0 unspecified atom stereocenters. The molecule has 0 radical (unpaired) electrons. The predicted octanol–water partition coefficient (Wildman–Crippen LogP) is 1.06. The average molecular weight is 248 g/mol. The number of ether oxygens (including phenoxy) is 1. The minimum Gasteiger partial charge on any atom is -0.481 e. The smallest absolute Gasteiger partial charge is 0.227 e. The number of rotatable bonds is 5. The van der Waals surface area contributed by atoms with E-state index in [0.717, 1.165) is 0 Å². The molecule has 7 heteroatoms. The first kappa shape index (κ1) is 12.2. The van der Waals surface area contributed by atoms with Crippen molar-refractivity contribution in [1.29, 1.82) is 0 Å². The van der Waals surface area contributed by atoms with Crippen LogP contribution < -0.4 is 4.74 Å². The predicted molar refractivity (Wildman–Crippen MR) is 60.9 cm³/mol. The van der Waals surface area contributed by atoms with Gasteiger partial charge in [0.1, 0.15) is 17.8 Å². The molecular weight excluding hydrogens is 236 g/mol. The largest absolute Gasteiger partial charge is 0.481 e. The highest BCUT2D eigenvalue weighted by molar-refractivity contribution is 5.75. The van der Waals surface area contributed by atoms with Gasteiger partial charge in [-0.3, -0.25) is 0 Å². The van der Waals surface area contributed by atoms with E-state index in [1.165, 1.54) is 20.4 Å². The van der Waals surface area contributed by atoms with Crippen LogP contribution in [0.5, 0.6) is 5.88 Å². The van der Waals surface area contributed by atoms with E-state index < -0.39 is 0 Å². The first-order valence-corrected chi connectivity index (χ1v) is 5.37. The minimum absolute atomic E-state index is 0.0819. The number of hydrogen-bond acceptors (Lipinski definition) is 7. The fourth-order valence-corrected chi connectivity index (χ4v) is 1.32. The van der Waals surface area contributed by atoms with Crippen molar-refractivity contribution in [1.82, 2.24) is 20.1 Å². The molecule has 0 amide bonds. The zero-order chi connectivity index (χ0) is 13.0. The molecule has 94 valence electrons. The van der Waals surface area contributed by atoms with Crippen LogP contribution in [0.1, 0.15) is 19.2 Å². The maximum atomic E-state index is 10.9. The monoisotopic (exact) mass is 248 g/mol. The lowest BCUT2D eigenvalue weighted by Gasteiger charge is -1.97. The van der Waals surface area contributed by atoms with E-state index >= 15 is 0 Å². The molecule has 0 saturated carbocycles. The van der Waals surface area contributed by atoms with Gasteiger partial charge in [0.15, 0.2) is 0 Å². The normalized spacial score (nSPS) is 10.3. The van der Waals surface area contributed by atoms with E-state index in [-0.39, 0.29) is 5.78 Å². The molecule has 0 fully saturated rings. The maximum Gasteiger partial charge on any atom is 0.227 e.